The summed E-state index contributed by atoms with van der Waals surface area (Å²) in [6, 6.07) is 0. The van der Waals surface area contributed by atoms with Crippen molar-refractivity contribution in [2.45, 2.75) is 22.3 Å². The molecule has 0 saturated carbocycles. The van der Waals surface area contributed by atoms with E-state index >= 15 is 0 Å². The first-order chi connectivity index (χ1) is 0. The molecule has 0 bridgehead atoms. The largest absolute Gasteiger partial charge is 0.0776 e. The van der Waals surface area contributed by atoms with Gasteiger partial charge in [0.15, 0.2) is 0 Å². The number of hydrogen-bond donors (Lipinski definition) is 0. The van der Waals surface area contributed by atoms with Crippen molar-refractivity contribution in [2.75, 3.05) is 0 Å². The van der Waals surface area contributed by atoms with E-state index in [1.54, 1.807) is 0 Å². The summed E-state index contributed by atoms with van der Waals surface area (Å²) < 4.78 is 0. The van der Waals surface area contributed by atoms with Crippen LogP contribution in [0.2, 0.25) is 0 Å². The van der Waals surface area contributed by atoms with Crippen molar-refractivity contribution < 1.29 is 2.85 Å². The summed E-state index contributed by atoms with van der Waals surface area (Å²) >= 11 is 0. The second-order valence-electron chi connectivity index (χ2n) is 0. The van der Waals surface area contributed by atoms with Gasteiger partial charge in [0, 0.05) is 50.7 Å². The van der Waals surface area contributed by atoms with Crippen LogP contribution in [0.1, 0.15) is 25.1 Å². The molecule has 0 aliphatic heterocycles. The van der Waals surface area contributed by atoms with Crippen LogP contribution in [-0.2, 0) is 0 Å². The molecule has 36 valence electrons. The molecule has 2 heteroatoms. The summed E-state index contributed by atoms with van der Waals surface area (Å²) in [5.41, 5.74) is 0. The van der Waals surface area contributed by atoms with E-state index in [9.17, 15) is 0 Å². The first-order valence-electron chi connectivity index (χ1n) is 0. The summed E-state index contributed by atoms with van der Waals surface area (Å²) in [6.45, 7) is 0. The van der Waals surface area contributed by atoms with Gasteiger partial charge in [-0.25, -0.2) is 0 Å². The minimum absolute atomic E-state index is 0. The third-order valence-electron chi connectivity index (χ3n) is 0. The van der Waals surface area contributed by atoms with Crippen molar-refractivity contribution in [3.63, 3.8) is 0 Å². The van der Waals surface area contributed by atoms with Gasteiger partial charge in [0.25, 0.3) is 0 Å². The molecule has 0 aromatic rings. The average molecular weight is 290 g/mol. The average Bonchev–Trinajstić information content (AvgIpc) is 0. The van der Waals surface area contributed by atoms with E-state index < -0.39 is 0 Å². The SMILES string of the molecule is C.C.C.[HH].[HH].[Sn].[Sn]. The van der Waals surface area contributed by atoms with Gasteiger partial charge in [-0.05, 0) is 0 Å². The molecule has 0 rings (SSSR count). The van der Waals surface area contributed by atoms with Crippen molar-refractivity contribution >= 4 is 47.8 Å². The van der Waals surface area contributed by atoms with Gasteiger partial charge in [0.1, 0.15) is 0 Å². The summed E-state index contributed by atoms with van der Waals surface area (Å²) in [4.78, 5) is 0. The summed E-state index contributed by atoms with van der Waals surface area (Å²) in [7, 11) is 0. The van der Waals surface area contributed by atoms with Crippen LogP contribution in [-0.4, -0.2) is 47.8 Å². The molecule has 0 aliphatic carbocycles. The van der Waals surface area contributed by atoms with Crippen LogP contribution in [0.3, 0.4) is 0 Å². The van der Waals surface area contributed by atoms with E-state index in [1.165, 1.54) is 0 Å². The molecule has 0 N–H and O–H groups in total. The number of hydrogen-bond acceptors (Lipinski definition) is 0. The number of rotatable bonds is 0. The maximum Gasteiger partial charge on any atom is 0 e. The smallest absolute Gasteiger partial charge is 0 e. The van der Waals surface area contributed by atoms with Crippen molar-refractivity contribution in [1.82, 2.24) is 0 Å². The molecule has 0 amide bonds. The summed E-state index contributed by atoms with van der Waals surface area (Å²) in [6.07, 6.45) is 0. The van der Waals surface area contributed by atoms with E-state index in [2.05, 4.69) is 0 Å². The topological polar surface area (TPSA) is 0 Å². The van der Waals surface area contributed by atoms with Crippen LogP contribution in [0.4, 0.5) is 0 Å². The van der Waals surface area contributed by atoms with Crippen LogP contribution >= 0.6 is 0 Å². The van der Waals surface area contributed by atoms with Crippen LogP contribution in [0.25, 0.3) is 0 Å². The van der Waals surface area contributed by atoms with E-state index in [-0.39, 0.29) is 72.9 Å². The Kier molecular flexibility index (Phi) is 751. The second kappa shape index (κ2) is 46.4. The molecule has 8 radical (unpaired) electrons. The van der Waals surface area contributed by atoms with E-state index in [0.717, 1.165) is 0 Å². The summed E-state index contributed by atoms with van der Waals surface area (Å²) in [5.74, 6) is 0. The van der Waals surface area contributed by atoms with Crippen molar-refractivity contribution in [1.29, 1.82) is 0 Å². The standard InChI is InChI=1S/3CH4.2Sn.2H2/h3*1H4;;;2*1H. The maximum atomic E-state index is 0. The van der Waals surface area contributed by atoms with Crippen molar-refractivity contribution in [2.24, 2.45) is 0 Å². The van der Waals surface area contributed by atoms with Crippen LogP contribution < -0.4 is 0 Å². The van der Waals surface area contributed by atoms with Gasteiger partial charge in [-0.15, -0.1) is 0 Å². The van der Waals surface area contributed by atoms with Gasteiger partial charge in [-0.3, -0.25) is 0 Å². The Morgan fingerprint density at radius 3 is 0.600 bits per heavy atom. The molecule has 0 saturated heterocycles. The fourth-order valence-electron chi connectivity index (χ4n) is 0. The molecule has 0 aromatic carbocycles. The Morgan fingerprint density at radius 2 is 0.600 bits per heavy atom. The zero-order chi connectivity index (χ0) is 0. The van der Waals surface area contributed by atoms with Gasteiger partial charge in [-0.1, -0.05) is 22.3 Å². The molecular formula is C3H16Sn2. The fraction of sp³-hybridized carbons (Fsp3) is 1.00. The fourth-order valence-corrected chi connectivity index (χ4v) is 0. The Morgan fingerprint density at radius 1 is 0.600 bits per heavy atom. The van der Waals surface area contributed by atoms with Gasteiger partial charge < -0.3 is 0 Å². The molecule has 0 aliphatic rings. The van der Waals surface area contributed by atoms with Gasteiger partial charge in [0.05, 0.1) is 0 Å². The molecule has 0 fully saturated rings. The quantitative estimate of drug-likeness (QED) is 0.595. The Bertz CT molecular complexity index is 10.9. The minimum atomic E-state index is 0. The zero-order valence-electron chi connectivity index (χ0n) is 1.00. The predicted octanol–water partition coefficient (Wildman–Crippen LogP) is 1.64. The first kappa shape index (κ1) is 81.0. The summed E-state index contributed by atoms with van der Waals surface area (Å²) in [5, 5.41) is 0. The maximum absolute atomic E-state index is 0. The Labute approximate surface area is 72.6 Å². The molecule has 5 heavy (non-hydrogen) atoms. The van der Waals surface area contributed by atoms with Crippen LogP contribution in [0.5, 0.6) is 0 Å². The van der Waals surface area contributed by atoms with Crippen LogP contribution in [0, 0.1) is 0 Å². The van der Waals surface area contributed by atoms with E-state index in [4.69, 9.17) is 0 Å². The first-order valence-corrected chi connectivity index (χ1v) is 0. The molecule has 0 nitrogen and oxygen atoms in total. The molecule has 0 atom stereocenters. The van der Waals surface area contributed by atoms with E-state index in [0.29, 0.717) is 0 Å². The van der Waals surface area contributed by atoms with Crippen LogP contribution in [0.15, 0.2) is 0 Å². The molecule has 0 heterocycles. The molecule has 0 spiro atoms. The third kappa shape index (κ3) is 28.4. The predicted molar refractivity (Wildman–Crippen MR) is 35.9 cm³/mol. The molecule has 0 unspecified atom stereocenters. The van der Waals surface area contributed by atoms with Crippen molar-refractivity contribution in [3.8, 4) is 0 Å². The monoisotopic (exact) mass is 292 g/mol. The molecule has 0 aromatic heterocycles. The van der Waals surface area contributed by atoms with Gasteiger partial charge in [0.2, 0.25) is 0 Å². The Balaban J connectivity index is 0. The van der Waals surface area contributed by atoms with E-state index in [1.807, 2.05) is 0 Å². The second-order valence-corrected chi connectivity index (χ2v) is 0. The van der Waals surface area contributed by atoms with Crippen molar-refractivity contribution in [3.05, 3.63) is 0 Å². The minimum Gasteiger partial charge on any atom is -0.0776 e. The van der Waals surface area contributed by atoms with Gasteiger partial charge >= 0.3 is 0 Å². The normalized spacial score (nSPS) is 0. The van der Waals surface area contributed by atoms with Gasteiger partial charge in [-0.2, -0.15) is 0 Å². The molecular weight excluding hydrogens is 273 g/mol. The zero-order valence-corrected chi connectivity index (χ0v) is 6.71. The third-order valence-corrected chi connectivity index (χ3v) is 0. The Hall–Kier alpha value is 1.60.